The summed E-state index contributed by atoms with van der Waals surface area (Å²) in [6, 6.07) is 13.9. The molecule has 0 aliphatic carbocycles. The number of carbonyl (C=O) groups is 4. The smallest absolute Gasteiger partial charge is 0.323 e. The first-order valence-electron chi connectivity index (χ1n) is 10.4. The first-order valence-corrected chi connectivity index (χ1v) is 10.4. The van der Waals surface area contributed by atoms with E-state index in [9.17, 15) is 19.2 Å². The Morgan fingerprint density at radius 3 is 2.24 bits per heavy atom. The summed E-state index contributed by atoms with van der Waals surface area (Å²) in [6.07, 6.45) is 1.80. The van der Waals surface area contributed by atoms with Gasteiger partial charge >= 0.3 is 12.0 Å². The molecule has 9 heteroatoms. The highest BCUT2D eigenvalue weighted by atomic mass is 16.4. The average Bonchev–Trinajstić information content (AvgIpc) is 2.78. The number of amides is 4. The predicted molar refractivity (Wildman–Crippen MR) is 126 cm³/mol. The zero-order chi connectivity index (χ0) is 24.2. The van der Waals surface area contributed by atoms with E-state index in [0.717, 1.165) is 11.3 Å². The fourth-order valence-electron chi connectivity index (χ4n) is 2.87. The number of nitrogens with one attached hydrogen (secondary N) is 4. The van der Waals surface area contributed by atoms with Crippen molar-refractivity contribution in [3.63, 3.8) is 0 Å². The molecule has 0 heterocycles. The summed E-state index contributed by atoms with van der Waals surface area (Å²) in [4.78, 5) is 46.9. The Morgan fingerprint density at radius 1 is 0.909 bits per heavy atom. The molecule has 0 saturated carbocycles. The highest BCUT2D eigenvalue weighted by Gasteiger charge is 2.10. The van der Waals surface area contributed by atoms with Gasteiger partial charge in [0.05, 0.1) is 19.4 Å². The van der Waals surface area contributed by atoms with Gasteiger partial charge in [-0.05, 0) is 49.6 Å². The molecule has 174 valence electrons. The van der Waals surface area contributed by atoms with Crippen LogP contribution in [-0.4, -0.2) is 35.5 Å². The number of para-hydroxylation sites is 1. The van der Waals surface area contributed by atoms with Crippen LogP contribution in [0.2, 0.25) is 0 Å². The number of allylic oxidation sites excluding steroid dienone is 2. The second-order valence-electron chi connectivity index (χ2n) is 7.30. The summed E-state index contributed by atoms with van der Waals surface area (Å²) in [5.41, 5.74) is 3.45. The molecule has 2 rings (SSSR count). The number of anilines is 2. The minimum atomic E-state index is -0.954. The number of urea groups is 1. The van der Waals surface area contributed by atoms with Gasteiger partial charge in [0.1, 0.15) is 0 Å². The minimum absolute atomic E-state index is 0.0679. The topological polar surface area (TPSA) is 137 Å². The lowest BCUT2D eigenvalue weighted by Gasteiger charge is -2.11. The van der Waals surface area contributed by atoms with Crippen molar-refractivity contribution in [1.29, 1.82) is 0 Å². The van der Waals surface area contributed by atoms with E-state index in [-0.39, 0.29) is 37.7 Å². The molecule has 2 aromatic rings. The van der Waals surface area contributed by atoms with Gasteiger partial charge in [-0.1, -0.05) is 36.4 Å². The predicted octanol–water partition coefficient (Wildman–Crippen LogP) is 3.18. The standard InChI is InChI=1S/C24H28N4O5/c1-3-18(12-13-23(31)32)26-22(30)15-25-21(29)14-17-8-10-19(11-9-17)27-24(33)28-20-7-5-4-6-16(20)2/h3-11H,12-15H2,1-2H3,(H,25,29)(H,26,30)(H,31,32)(H2,27,28,33)/b18-3-. The molecule has 0 spiro atoms. The summed E-state index contributed by atoms with van der Waals surface area (Å²) in [5, 5.41) is 19.3. The summed E-state index contributed by atoms with van der Waals surface area (Å²) in [7, 11) is 0. The van der Waals surface area contributed by atoms with Gasteiger partial charge in [0.25, 0.3) is 0 Å². The molecule has 0 atom stereocenters. The van der Waals surface area contributed by atoms with Gasteiger partial charge in [-0.2, -0.15) is 0 Å². The van der Waals surface area contributed by atoms with E-state index in [1.807, 2.05) is 31.2 Å². The third kappa shape index (κ3) is 9.26. The van der Waals surface area contributed by atoms with Crippen molar-refractivity contribution in [2.75, 3.05) is 17.2 Å². The van der Waals surface area contributed by atoms with Crippen LogP contribution in [0.5, 0.6) is 0 Å². The van der Waals surface area contributed by atoms with Crippen molar-refractivity contribution in [1.82, 2.24) is 10.6 Å². The normalized spacial score (nSPS) is 10.8. The molecule has 0 saturated heterocycles. The Bertz CT molecular complexity index is 1030. The quantitative estimate of drug-likeness (QED) is 0.377. The van der Waals surface area contributed by atoms with Gasteiger partial charge in [-0.3, -0.25) is 14.4 Å². The first-order chi connectivity index (χ1) is 15.8. The molecular formula is C24H28N4O5. The van der Waals surface area contributed by atoms with Crippen LogP contribution in [-0.2, 0) is 20.8 Å². The minimum Gasteiger partial charge on any atom is -0.481 e. The molecule has 0 aromatic heterocycles. The monoisotopic (exact) mass is 452 g/mol. The number of hydrogen-bond acceptors (Lipinski definition) is 4. The summed E-state index contributed by atoms with van der Waals surface area (Å²) >= 11 is 0. The maximum atomic E-state index is 12.2. The molecule has 0 aliphatic heterocycles. The second-order valence-corrected chi connectivity index (χ2v) is 7.30. The number of hydrogen-bond donors (Lipinski definition) is 5. The lowest BCUT2D eigenvalue weighted by atomic mass is 10.1. The zero-order valence-electron chi connectivity index (χ0n) is 18.6. The summed E-state index contributed by atoms with van der Waals surface area (Å²) in [5.74, 6) is -1.72. The van der Waals surface area contributed by atoms with Crippen LogP contribution >= 0.6 is 0 Å². The number of aliphatic carboxylic acids is 1. The fourth-order valence-corrected chi connectivity index (χ4v) is 2.87. The van der Waals surface area contributed by atoms with Crippen LogP contribution in [0.4, 0.5) is 16.2 Å². The van der Waals surface area contributed by atoms with Gasteiger partial charge in [0, 0.05) is 17.1 Å². The molecule has 0 radical (unpaired) electrons. The molecule has 33 heavy (non-hydrogen) atoms. The average molecular weight is 453 g/mol. The van der Waals surface area contributed by atoms with Crippen LogP contribution < -0.4 is 21.3 Å². The molecular weight excluding hydrogens is 424 g/mol. The van der Waals surface area contributed by atoms with E-state index in [0.29, 0.717) is 16.9 Å². The molecule has 4 amide bonds. The van der Waals surface area contributed by atoms with Crippen molar-refractivity contribution in [3.05, 3.63) is 71.4 Å². The lowest BCUT2D eigenvalue weighted by Crippen LogP contribution is -2.37. The Balaban J connectivity index is 1.76. The van der Waals surface area contributed by atoms with Crippen molar-refractivity contribution in [3.8, 4) is 0 Å². The van der Waals surface area contributed by atoms with E-state index >= 15 is 0 Å². The van der Waals surface area contributed by atoms with Crippen molar-refractivity contribution in [2.24, 2.45) is 0 Å². The third-order valence-corrected chi connectivity index (χ3v) is 4.67. The van der Waals surface area contributed by atoms with Crippen molar-refractivity contribution in [2.45, 2.75) is 33.1 Å². The van der Waals surface area contributed by atoms with E-state index in [2.05, 4.69) is 21.3 Å². The van der Waals surface area contributed by atoms with E-state index < -0.39 is 11.9 Å². The molecule has 0 fully saturated rings. The van der Waals surface area contributed by atoms with Crippen LogP contribution in [0, 0.1) is 6.92 Å². The molecule has 0 unspecified atom stereocenters. The highest BCUT2D eigenvalue weighted by Crippen LogP contribution is 2.15. The van der Waals surface area contributed by atoms with Crippen LogP contribution in [0.1, 0.15) is 30.9 Å². The number of carbonyl (C=O) groups excluding carboxylic acids is 3. The molecule has 0 aliphatic rings. The van der Waals surface area contributed by atoms with Gasteiger partial charge in [-0.15, -0.1) is 0 Å². The van der Waals surface area contributed by atoms with Crippen LogP contribution in [0.15, 0.2) is 60.3 Å². The Morgan fingerprint density at radius 2 is 1.61 bits per heavy atom. The van der Waals surface area contributed by atoms with Crippen LogP contribution in [0.3, 0.4) is 0 Å². The van der Waals surface area contributed by atoms with Crippen molar-refractivity contribution < 1.29 is 24.3 Å². The third-order valence-electron chi connectivity index (χ3n) is 4.67. The van der Waals surface area contributed by atoms with Gasteiger partial charge in [0.2, 0.25) is 11.8 Å². The van der Waals surface area contributed by atoms with Gasteiger partial charge < -0.3 is 26.4 Å². The number of carboxylic acid groups (broad SMARTS) is 1. The summed E-state index contributed by atoms with van der Waals surface area (Å²) in [6.45, 7) is 3.38. The van der Waals surface area contributed by atoms with Gasteiger partial charge in [-0.25, -0.2) is 4.79 Å². The van der Waals surface area contributed by atoms with Crippen LogP contribution in [0.25, 0.3) is 0 Å². The highest BCUT2D eigenvalue weighted by molar-refractivity contribution is 6.00. The largest absolute Gasteiger partial charge is 0.481 e. The van der Waals surface area contributed by atoms with E-state index in [1.165, 1.54) is 0 Å². The Kier molecular flexibility index (Phi) is 9.63. The first kappa shape index (κ1) is 25.1. The number of carboxylic acids is 1. The van der Waals surface area contributed by atoms with Gasteiger partial charge in [0.15, 0.2) is 0 Å². The lowest BCUT2D eigenvalue weighted by molar-refractivity contribution is -0.137. The molecule has 0 bridgehead atoms. The molecule has 9 nitrogen and oxygen atoms in total. The van der Waals surface area contributed by atoms with Crippen molar-refractivity contribution >= 4 is 35.2 Å². The van der Waals surface area contributed by atoms with E-state index in [1.54, 1.807) is 37.3 Å². The molecule has 5 N–H and O–H groups in total. The fraction of sp³-hybridized carbons (Fsp3) is 0.250. The van der Waals surface area contributed by atoms with E-state index in [4.69, 9.17) is 5.11 Å². The maximum absolute atomic E-state index is 12.2. The Labute approximate surface area is 192 Å². The second kappa shape index (κ2) is 12.7. The summed E-state index contributed by atoms with van der Waals surface area (Å²) < 4.78 is 0. The Hall–Kier alpha value is -4.14. The number of aryl methyl sites for hydroxylation is 1. The molecule has 2 aromatic carbocycles. The number of benzene rings is 2. The number of rotatable bonds is 10. The maximum Gasteiger partial charge on any atom is 0.323 e. The SMILES string of the molecule is C/C=C(/CCC(=O)O)NC(=O)CNC(=O)Cc1ccc(NC(=O)Nc2ccccc2C)cc1. The zero-order valence-corrected chi connectivity index (χ0v) is 18.6.